The van der Waals surface area contributed by atoms with Gasteiger partial charge in [0.05, 0.1) is 0 Å². The molecule has 0 fully saturated rings. The van der Waals surface area contributed by atoms with E-state index in [0.29, 0.717) is 0 Å². The molecule has 1 rings (SSSR count). The molecule has 0 spiro atoms. The fraction of sp³-hybridized carbons (Fsp3) is 0.667. The summed E-state index contributed by atoms with van der Waals surface area (Å²) in [6, 6.07) is 0. The van der Waals surface area contributed by atoms with Crippen molar-refractivity contribution in [3.8, 4) is 0 Å². The van der Waals surface area contributed by atoms with Crippen LogP contribution >= 0.6 is 0 Å². The minimum absolute atomic E-state index is 0.801. The third kappa shape index (κ3) is 1.85. The highest BCUT2D eigenvalue weighted by Crippen LogP contribution is 2.27. The van der Waals surface area contributed by atoms with Crippen molar-refractivity contribution in [3.05, 3.63) is 18.1 Å². The molecular weight excluding hydrogens is 108 g/mol. The minimum atomic E-state index is 0.801. The van der Waals surface area contributed by atoms with E-state index in [1.165, 1.54) is 19.3 Å². The Labute approximate surface area is 58.0 Å². The van der Waals surface area contributed by atoms with Crippen molar-refractivity contribution in [1.82, 2.24) is 0 Å². The highest BCUT2D eigenvalue weighted by Gasteiger charge is 2.13. The minimum Gasteiger partial charge on any atom is -0.0885 e. The Morgan fingerprint density at radius 2 is 2.11 bits per heavy atom. The lowest BCUT2D eigenvalue weighted by molar-refractivity contribution is 0.571. The maximum absolute atomic E-state index is 2.29. The van der Waals surface area contributed by atoms with Crippen LogP contribution in [0.5, 0.6) is 0 Å². The van der Waals surface area contributed by atoms with Gasteiger partial charge in [0.1, 0.15) is 0 Å². The quantitative estimate of drug-likeness (QED) is 0.470. The summed E-state index contributed by atoms with van der Waals surface area (Å²) in [6.07, 6.45) is 8.41. The Morgan fingerprint density at radius 3 is 2.44 bits per heavy atom. The van der Waals surface area contributed by atoms with E-state index in [0.717, 1.165) is 5.92 Å². The number of rotatable bonds is 1. The summed E-state index contributed by atoms with van der Waals surface area (Å²) >= 11 is 0. The van der Waals surface area contributed by atoms with Crippen LogP contribution in [0.2, 0.25) is 0 Å². The fourth-order valence-electron chi connectivity index (χ4n) is 1.25. The van der Waals surface area contributed by atoms with Crippen molar-refractivity contribution >= 4 is 0 Å². The zero-order valence-electron chi connectivity index (χ0n) is 6.35. The van der Waals surface area contributed by atoms with Gasteiger partial charge in [0.2, 0.25) is 0 Å². The molecule has 0 aromatic rings. The summed E-state index contributed by atoms with van der Waals surface area (Å²) in [4.78, 5) is 0. The van der Waals surface area contributed by atoms with E-state index < -0.39 is 0 Å². The molecule has 1 radical (unpaired) electrons. The fourth-order valence-corrected chi connectivity index (χ4v) is 1.25. The Morgan fingerprint density at radius 1 is 1.33 bits per heavy atom. The van der Waals surface area contributed by atoms with Gasteiger partial charge < -0.3 is 0 Å². The van der Waals surface area contributed by atoms with Crippen LogP contribution in [-0.4, -0.2) is 0 Å². The molecular formula is C9H15. The van der Waals surface area contributed by atoms with Crippen LogP contribution < -0.4 is 0 Å². The Hall–Kier alpha value is -0.260. The van der Waals surface area contributed by atoms with Crippen LogP contribution in [0.3, 0.4) is 0 Å². The second kappa shape index (κ2) is 3.05. The number of hydrogen-bond donors (Lipinski definition) is 0. The molecule has 0 aliphatic heterocycles. The van der Waals surface area contributed by atoms with Crippen molar-refractivity contribution in [2.75, 3.05) is 0 Å². The normalized spacial score (nSPS) is 21.2. The van der Waals surface area contributed by atoms with Gasteiger partial charge >= 0.3 is 0 Å². The Bertz CT molecular complexity index is 101. The summed E-state index contributed by atoms with van der Waals surface area (Å²) in [7, 11) is 0. The van der Waals surface area contributed by atoms with E-state index in [2.05, 4.69) is 26.0 Å². The van der Waals surface area contributed by atoms with E-state index in [1.807, 2.05) is 0 Å². The first-order valence-corrected chi connectivity index (χ1v) is 3.80. The molecule has 0 nitrogen and oxygen atoms in total. The lowest BCUT2D eigenvalue weighted by atomic mass is 9.85. The predicted octanol–water partition coefficient (Wildman–Crippen LogP) is 2.96. The second-order valence-corrected chi connectivity index (χ2v) is 3.03. The standard InChI is InChI=1S/C9H15/c1-8(2)9-6-4-3-5-7-9/h3-4,8H,5-7H2,1-2H3. The SMILES string of the molecule is CC(C)[C]1CC=CCC1. The first-order valence-electron chi connectivity index (χ1n) is 3.80. The molecule has 0 amide bonds. The van der Waals surface area contributed by atoms with Gasteiger partial charge in [-0.3, -0.25) is 0 Å². The topological polar surface area (TPSA) is 0 Å². The number of allylic oxidation sites excluding steroid dienone is 2. The van der Waals surface area contributed by atoms with E-state index in [-0.39, 0.29) is 0 Å². The van der Waals surface area contributed by atoms with Crippen molar-refractivity contribution in [2.45, 2.75) is 33.1 Å². The summed E-state index contributed by atoms with van der Waals surface area (Å²) < 4.78 is 0. The average molecular weight is 123 g/mol. The summed E-state index contributed by atoms with van der Waals surface area (Å²) in [5, 5.41) is 0. The van der Waals surface area contributed by atoms with Crippen LogP contribution in [0.25, 0.3) is 0 Å². The molecule has 0 bridgehead atoms. The van der Waals surface area contributed by atoms with Crippen molar-refractivity contribution < 1.29 is 0 Å². The molecule has 0 N–H and O–H groups in total. The van der Waals surface area contributed by atoms with Gasteiger partial charge in [0, 0.05) is 0 Å². The van der Waals surface area contributed by atoms with E-state index in [4.69, 9.17) is 0 Å². The molecule has 0 unspecified atom stereocenters. The highest BCUT2D eigenvalue weighted by molar-refractivity contribution is 5.06. The monoisotopic (exact) mass is 123 g/mol. The molecule has 0 saturated heterocycles. The lowest BCUT2D eigenvalue weighted by Gasteiger charge is -2.20. The van der Waals surface area contributed by atoms with Gasteiger partial charge in [0.25, 0.3) is 0 Å². The molecule has 0 saturated carbocycles. The highest BCUT2D eigenvalue weighted by atomic mass is 14.2. The van der Waals surface area contributed by atoms with Gasteiger partial charge in [-0.25, -0.2) is 0 Å². The summed E-state index contributed by atoms with van der Waals surface area (Å²) in [6.45, 7) is 4.57. The van der Waals surface area contributed by atoms with Crippen LogP contribution in [0.1, 0.15) is 33.1 Å². The molecule has 1 aliphatic carbocycles. The van der Waals surface area contributed by atoms with Gasteiger partial charge in [-0.2, -0.15) is 0 Å². The largest absolute Gasteiger partial charge is 0.0885 e. The number of hydrogen-bond acceptors (Lipinski definition) is 0. The first-order chi connectivity index (χ1) is 4.30. The summed E-state index contributed by atoms with van der Waals surface area (Å²) in [5.41, 5.74) is 0. The molecule has 51 valence electrons. The third-order valence-electron chi connectivity index (χ3n) is 2.00. The molecule has 1 aliphatic rings. The summed E-state index contributed by atoms with van der Waals surface area (Å²) in [5.74, 6) is 2.52. The zero-order chi connectivity index (χ0) is 6.69. The molecule has 0 aromatic heterocycles. The maximum atomic E-state index is 2.29. The van der Waals surface area contributed by atoms with Crippen molar-refractivity contribution in [2.24, 2.45) is 5.92 Å². The predicted molar refractivity (Wildman–Crippen MR) is 41.1 cm³/mol. The van der Waals surface area contributed by atoms with Crippen molar-refractivity contribution in [3.63, 3.8) is 0 Å². The molecule has 0 atom stereocenters. The van der Waals surface area contributed by atoms with Gasteiger partial charge in [0.15, 0.2) is 0 Å². The smallest absolute Gasteiger partial charge is 0.0175 e. The molecule has 9 heavy (non-hydrogen) atoms. The first kappa shape index (κ1) is 6.85. The van der Waals surface area contributed by atoms with Crippen LogP contribution in [0.4, 0.5) is 0 Å². The average Bonchev–Trinajstić information content (AvgIpc) is 1.90. The van der Waals surface area contributed by atoms with Gasteiger partial charge in [-0.1, -0.05) is 26.0 Å². The maximum Gasteiger partial charge on any atom is -0.0175 e. The Balaban J connectivity index is 2.35. The zero-order valence-corrected chi connectivity index (χ0v) is 6.35. The third-order valence-corrected chi connectivity index (χ3v) is 2.00. The van der Waals surface area contributed by atoms with Gasteiger partial charge in [-0.05, 0) is 31.1 Å². The van der Waals surface area contributed by atoms with Crippen molar-refractivity contribution in [1.29, 1.82) is 0 Å². The molecule has 0 aromatic carbocycles. The van der Waals surface area contributed by atoms with Gasteiger partial charge in [-0.15, -0.1) is 0 Å². The van der Waals surface area contributed by atoms with E-state index in [1.54, 1.807) is 5.92 Å². The van der Waals surface area contributed by atoms with E-state index >= 15 is 0 Å². The molecule has 0 heteroatoms. The van der Waals surface area contributed by atoms with Crippen LogP contribution in [0.15, 0.2) is 12.2 Å². The Kier molecular flexibility index (Phi) is 2.32. The molecule has 0 heterocycles. The lowest BCUT2D eigenvalue weighted by Crippen LogP contribution is -2.06. The van der Waals surface area contributed by atoms with Crippen LogP contribution in [-0.2, 0) is 0 Å². The van der Waals surface area contributed by atoms with Crippen LogP contribution in [0, 0.1) is 11.8 Å². The second-order valence-electron chi connectivity index (χ2n) is 3.03. The van der Waals surface area contributed by atoms with E-state index in [9.17, 15) is 0 Å².